The molecule has 37 heavy (non-hydrogen) atoms. The smallest absolute Gasteiger partial charge is 0.303 e. The van der Waals surface area contributed by atoms with E-state index in [-0.39, 0.29) is 33.0 Å². The lowest BCUT2D eigenvalue weighted by molar-refractivity contribution is -0.166. The van der Waals surface area contributed by atoms with Crippen molar-refractivity contribution in [3.8, 4) is 0 Å². The molecule has 0 aromatic rings. The summed E-state index contributed by atoms with van der Waals surface area (Å²) in [5, 5.41) is 32.0. The van der Waals surface area contributed by atoms with Gasteiger partial charge in [0.2, 0.25) is 5.91 Å². The number of hydrogen-bond acceptors (Lipinski definition) is 11. The number of nitrogens with one attached hydrogen (secondary N) is 2. The Labute approximate surface area is 218 Å². The third-order valence-electron chi connectivity index (χ3n) is 4.84. The Kier molecular flexibility index (Phi) is 18.2. The minimum absolute atomic E-state index is 0.000230. The maximum atomic E-state index is 12.2. The predicted molar refractivity (Wildman–Crippen MR) is 132 cm³/mol. The molecule has 13 nitrogen and oxygen atoms in total. The molecule has 0 unspecified atom stereocenters. The van der Waals surface area contributed by atoms with E-state index in [1.54, 1.807) is 27.7 Å². The summed E-state index contributed by atoms with van der Waals surface area (Å²) in [6.07, 6.45) is -1.44. The van der Waals surface area contributed by atoms with Crippen LogP contribution >= 0.6 is 0 Å². The van der Waals surface area contributed by atoms with Crippen LogP contribution in [0.4, 0.5) is 0 Å². The van der Waals surface area contributed by atoms with Crippen LogP contribution in [0.15, 0.2) is 0 Å². The van der Waals surface area contributed by atoms with Crippen LogP contribution in [0.2, 0.25) is 0 Å². The molecule has 0 saturated heterocycles. The Morgan fingerprint density at radius 2 is 1.27 bits per heavy atom. The molecule has 0 spiro atoms. The Morgan fingerprint density at radius 1 is 0.757 bits per heavy atom. The van der Waals surface area contributed by atoms with Gasteiger partial charge in [-0.2, -0.15) is 0 Å². The van der Waals surface area contributed by atoms with Crippen LogP contribution in [0.1, 0.15) is 61.3 Å². The van der Waals surface area contributed by atoms with E-state index in [1.807, 2.05) is 0 Å². The summed E-state index contributed by atoms with van der Waals surface area (Å²) in [5.74, 6) is -2.50. The fourth-order valence-corrected chi connectivity index (χ4v) is 2.52. The number of esters is 3. The van der Waals surface area contributed by atoms with Crippen molar-refractivity contribution in [3.05, 3.63) is 0 Å². The van der Waals surface area contributed by atoms with Gasteiger partial charge in [0, 0.05) is 51.3 Å². The lowest BCUT2D eigenvalue weighted by Gasteiger charge is -2.31. The van der Waals surface area contributed by atoms with Gasteiger partial charge < -0.3 is 40.2 Å². The third kappa shape index (κ3) is 17.3. The highest BCUT2D eigenvalue weighted by Crippen LogP contribution is 2.25. The molecule has 0 heterocycles. The first-order valence-corrected chi connectivity index (χ1v) is 11.9. The highest BCUT2D eigenvalue weighted by atomic mass is 16.6. The van der Waals surface area contributed by atoms with Crippen LogP contribution in [-0.2, 0) is 38.2 Å². The molecule has 5 N–H and O–H groups in total. The van der Waals surface area contributed by atoms with E-state index in [1.165, 1.54) is 20.8 Å². The molecular formula is C24H44N2O11. The van der Waals surface area contributed by atoms with Crippen molar-refractivity contribution in [3.63, 3.8) is 0 Å². The third-order valence-corrected chi connectivity index (χ3v) is 4.84. The average Bonchev–Trinajstić information content (AvgIpc) is 2.80. The van der Waals surface area contributed by atoms with Gasteiger partial charge >= 0.3 is 17.9 Å². The molecule has 0 aromatic carbocycles. The number of aliphatic hydroxyl groups excluding tert-OH is 3. The lowest BCUT2D eigenvalue weighted by atomic mass is 9.86. The van der Waals surface area contributed by atoms with Gasteiger partial charge in [0.05, 0.1) is 13.2 Å². The molecule has 2 atom stereocenters. The number of amides is 2. The van der Waals surface area contributed by atoms with Crippen LogP contribution < -0.4 is 10.6 Å². The molecule has 0 aliphatic rings. The fourth-order valence-electron chi connectivity index (χ4n) is 2.52. The zero-order valence-corrected chi connectivity index (χ0v) is 22.9. The number of carbonyl (C=O) groups excluding carboxylic acids is 5. The van der Waals surface area contributed by atoms with E-state index in [9.17, 15) is 29.1 Å². The number of aliphatic hydroxyl groups is 3. The summed E-state index contributed by atoms with van der Waals surface area (Å²) in [4.78, 5) is 56.3. The Balaban J connectivity index is 0. The minimum Gasteiger partial charge on any atom is -0.466 e. The quantitative estimate of drug-likeness (QED) is 0.102. The molecule has 0 aromatic heterocycles. The van der Waals surface area contributed by atoms with Gasteiger partial charge in [-0.15, -0.1) is 0 Å². The van der Waals surface area contributed by atoms with E-state index in [4.69, 9.17) is 24.4 Å². The van der Waals surface area contributed by atoms with E-state index < -0.39 is 52.8 Å². The van der Waals surface area contributed by atoms with Crippen molar-refractivity contribution in [2.24, 2.45) is 10.8 Å². The zero-order valence-electron chi connectivity index (χ0n) is 22.9. The van der Waals surface area contributed by atoms with Crippen molar-refractivity contribution >= 4 is 29.7 Å². The Hall–Kier alpha value is -2.77. The van der Waals surface area contributed by atoms with E-state index in [0.29, 0.717) is 19.4 Å². The largest absolute Gasteiger partial charge is 0.466 e. The molecule has 216 valence electrons. The van der Waals surface area contributed by atoms with Crippen LogP contribution in [-0.4, -0.2) is 96.8 Å². The monoisotopic (exact) mass is 536 g/mol. The van der Waals surface area contributed by atoms with Crippen LogP contribution in [0.3, 0.4) is 0 Å². The van der Waals surface area contributed by atoms with Crippen LogP contribution in [0, 0.1) is 10.8 Å². The van der Waals surface area contributed by atoms with Crippen molar-refractivity contribution in [1.82, 2.24) is 10.6 Å². The van der Waals surface area contributed by atoms with Crippen molar-refractivity contribution in [2.45, 2.75) is 73.5 Å². The van der Waals surface area contributed by atoms with Crippen molar-refractivity contribution in [2.75, 3.05) is 39.5 Å². The van der Waals surface area contributed by atoms with Gasteiger partial charge in [-0.1, -0.05) is 27.7 Å². The summed E-state index contributed by atoms with van der Waals surface area (Å²) in [5.41, 5.74) is -1.74. The van der Waals surface area contributed by atoms with Gasteiger partial charge in [0.25, 0.3) is 5.91 Å². The highest BCUT2D eigenvalue weighted by molar-refractivity contribution is 5.84. The van der Waals surface area contributed by atoms with Crippen LogP contribution in [0.25, 0.3) is 0 Å². The molecule has 0 rings (SSSR count). The minimum atomic E-state index is -1.23. The molecule has 0 aliphatic carbocycles. The number of rotatable bonds is 15. The standard InChI is InChI=1S/C15H25NO7.C9H19NO4/c1-10(17)21-8-6-7-16-14(20)13(23-12(3)19)15(4,5)9-22-11(2)18;1-9(2,6-12)7(13)8(14)10-4-3-5-11/h13H,6-9H2,1-5H3,(H,16,20);7,11-13H,3-6H2,1-2H3,(H,10,14)/t13-;7-/m00/s1. The summed E-state index contributed by atoms with van der Waals surface area (Å²) >= 11 is 0. The second-order valence-electron chi connectivity index (χ2n) is 9.66. The van der Waals surface area contributed by atoms with Crippen molar-refractivity contribution < 1.29 is 53.5 Å². The van der Waals surface area contributed by atoms with Crippen molar-refractivity contribution in [1.29, 1.82) is 0 Å². The van der Waals surface area contributed by atoms with E-state index in [0.717, 1.165) is 0 Å². The fraction of sp³-hybridized carbons (Fsp3) is 0.792. The SMILES string of the molecule is CC(=O)OCCCNC(=O)[C@H](OC(C)=O)C(C)(C)COC(C)=O.CC(C)(CO)[C@@H](O)C(=O)NCCCO. The lowest BCUT2D eigenvalue weighted by Crippen LogP contribution is -2.48. The van der Waals surface area contributed by atoms with Gasteiger partial charge in [-0.05, 0) is 12.8 Å². The first-order chi connectivity index (χ1) is 17.0. The Morgan fingerprint density at radius 3 is 1.73 bits per heavy atom. The normalized spacial score (nSPS) is 12.7. The second-order valence-corrected chi connectivity index (χ2v) is 9.66. The predicted octanol–water partition coefficient (Wildman–Crippen LogP) is -0.559. The second kappa shape index (κ2) is 18.5. The maximum Gasteiger partial charge on any atom is 0.303 e. The van der Waals surface area contributed by atoms with Gasteiger partial charge in [0.1, 0.15) is 12.7 Å². The summed E-state index contributed by atoms with van der Waals surface area (Å²) in [7, 11) is 0. The number of hydrogen-bond donors (Lipinski definition) is 5. The maximum absolute atomic E-state index is 12.2. The van der Waals surface area contributed by atoms with Crippen LogP contribution in [0.5, 0.6) is 0 Å². The van der Waals surface area contributed by atoms with E-state index in [2.05, 4.69) is 10.6 Å². The van der Waals surface area contributed by atoms with Gasteiger partial charge in [0.15, 0.2) is 6.10 Å². The number of carbonyl (C=O) groups is 5. The Bertz CT molecular complexity index is 738. The number of ether oxygens (including phenoxy) is 3. The first kappa shape index (κ1) is 36.4. The molecule has 0 bridgehead atoms. The molecule has 13 heteroatoms. The van der Waals surface area contributed by atoms with Gasteiger partial charge in [-0.3, -0.25) is 24.0 Å². The average molecular weight is 537 g/mol. The molecule has 0 fully saturated rings. The highest BCUT2D eigenvalue weighted by Gasteiger charge is 2.39. The summed E-state index contributed by atoms with van der Waals surface area (Å²) < 4.78 is 14.7. The molecule has 2 amide bonds. The molecule has 0 radical (unpaired) electrons. The zero-order chi connectivity index (χ0) is 29.2. The van der Waals surface area contributed by atoms with E-state index >= 15 is 0 Å². The summed E-state index contributed by atoms with van der Waals surface area (Å²) in [6.45, 7) is 10.7. The molecule has 0 aliphatic heterocycles. The first-order valence-electron chi connectivity index (χ1n) is 11.9. The van der Waals surface area contributed by atoms with Gasteiger partial charge in [-0.25, -0.2) is 0 Å². The summed E-state index contributed by atoms with van der Waals surface area (Å²) in [6, 6.07) is 0. The topological polar surface area (TPSA) is 198 Å². The molecule has 0 saturated carbocycles. The molecular weight excluding hydrogens is 492 g/mol.